The number of hydrogen-bond donors (Lipinski definition) is 4. The quantitative estimate of drug-likeness (QED) is 0.502. The van der Waals surface area contributed by atoms with Crippen LogP contribution in [0.1, 0.15) is 6.92 Å². The average molecular weight is 371 g/mol. The number of aromatic nitrogens is 3. The molecule has 0 spiro atoms. The summed E-state index contributed by atoms with van der Waals surface area (Å²) in [6, 6.07) is 17.6. The van der Waals surface area contributed by atoms with Crippen molar-refractivity contribution in [3.63, 3.8) is 0 Å². The van der Waals surface area contributed by atoms with Crippen molar-refractivity contribution in [2.24, 2.45) is 0 Å². The lowest BCUT2D eigenvalue weighted by Crippen LogP contribution is -2.17. The van der Waals surface area contributed by atoms with Gasteiger partial charge in [0.05, 0.1) is 6.10 Å². The molecule has 26 heavy (non-hydrogen) atoms. The second kappa shape index (κ2) is 8.46. The molecule has 0 aliphatic rings. The van der Waals surface area contributed by atoms with Crippen LogP contribution in [-0.4, -0.2) is 32.7 Å². The Kier molecular flexibility index (Phi) is 5.83. The Morgan fingerprint density at radius 2 is 1.42 bits per heavy atom. The van der Waals surface area contributed by atoms with Crippen LogP contribution in [0.15, 0.2) is 54.6 Å². The van der Waals surface area contributed by atoms with Gasteiger partial charge in [0, 0.05) is 23.6 Å². The Bertz CT molecular complexity index is 842. The molecule has 0 aliphatic carbocycles. The highest BCUT2D eigenvalue weighted by Crippen LogP contribution is 2.21. The summed E-state index contributed by atoms with van der Waals surface area (Å²) < 4.78 is 0. The molecule has 0 fully saturated rings. The Morgan fingerprint density at radius 3 is 2.08 bits per heavy atom. The molecule has 0 aliphatic heterocycles. The molecule has 3 aromatic rings. The van der Waals surface area contributed by atoms with Gasteiger partial charge in [0.1, 0.15) is 0 Å². The van der Waals surface area contributed by atoms with Crippen molar-refractivity contribution < 1.29 is 5.11 Å². The monoisotopic (exact) mass is 370 g/mol. The largest absolute Gasteiger partial charge is 0.392 e. The van der Waals surface area contributed by atoms with Crippen LogP contribution >= 0.6 is 11.6 Å². The predicted octanol–water partition coefficient (Wildman–Crippen LogP) is 3.80. The minimum absolute atomic E-state index is 0.0676. The molecule has 1 aromatic heterocycles. The summed E-state index contributed by atoms with van der Waals surface area (Å²) in [5.74, 6) is 0.623. The van der Waals surface area contributed by atoms with E-state index in [0.29, 0.717) is 18.4 Å². The van der Waals surface area contributed by atoms with E-state index in [1.165, 1.54) is 0 Å². The Hall–Kier alpha value is -2.90. The first kappa shape index (κ1) is 17.9. The van der Waals surface area contributed by atoms with Crippen LogP contribution in [0.3, 0.4) is 0 Å². The van der Waals surface area contributed by atoms with E-state index in [4.69, 9.17) is 11.6 Å². The van der Waals surface area contributed by atoms with Gasteiger partial charge in [0.2, 0.25) is 17.2 Å². The molecule has 134 valence electrons. The topological polar surface area (TPSA) is 95.0 Å². The van der Waals surface area contributed by atoms with Crippen LogP contribution in [-0.2, 0) is 0 Å². The summed E-state index contributed by atoms with van der Waals surface area (Å²) >= 11 is 5.93. The lowest BCUT2D eigenvalue weighted by molar-refractivity contribution is 0.208. The highest BCUT2D eigenvalue weighted by Gasteiger charge is 2.06. The number of nitrogens with one attached hydrogen (secondary N) is 3. The molecule has 4 N–H and O–H groups in total. The fraction of sp³-hybridized carbons (Fsp3) is 0.167. The van der Waals surface area contributed by atoms with Crippen molar-refractivity contribution in [1.82, 2.24) is 15.0 Å². The van der Waals surface area contributed by atoms with Gasteiger partial charge in [0.25, 0.3) is 0 Å². The van der Waals surface area contributed by atoms with Gasteiger partial charge in [-0.15, -0.1) is 0 Å². The summed E-state index contributed by atoms with van der Waals surface area (Å²) in [6.07, 6.45) is -0.522. The van der Waals surface area contributed by atoms with Crippen LogP contribution in [0.2, 0.25) is 5.28 Å². The fourth-order valence-electron chi connectivity index (χ4n) is 2.18. The molecule has 1 heterocycles. The van der Waals surface area contributed by atoms with E-state index >= 15 is 0 Å². The molecular formula is C18H19ClN6O. The molecule has 3 rings (SSSR count). The van der Waals surface area contributed by atoms with Gasteiger partial charge in [-0.1, -0.05) is 18.2 Å². The maximum Gasteiger partial charge on any atom is 0.233 e. The fourth-order valence-corrected chi connectivity index (χ4v) is 2.34. The van der Waals surface area contributed by atoms with Crippen LogP contribution in [0.25, 0.3) is 0 Å². The minimum Gasteiger partial charge on any atom is -0.392 e. The van der Waals surface area contributed by atoms with Crippen molar-refractivity contribution in [3.05, 3.63) is 59.9 Å². The zero-order valence-corrected chi connectivity index (χ0v) is 14.9. The van der Waals surface area contributed by atoms with Gasteiger partial charge in [-0.25, -0.2) is 0 Å². The Balaban J connectivity index is 1.67. The third-order valence-corrected chi connectivity index (χ3v) is 3.54. The van der Waals surface area contributed by atoms with Crippen molar-refractivity contribution in [2.75, 3.05) is 22.5 Å². The first-order valence-electron chi connectivity index (χ1n) is 8.11. The number of anilines is 5. The van der Waals surface area contributed by atoms with Gasteiger partial charge in [-0.05, 0) is 54.9 Å². The number of hydrogen-bond acceptors (Lipinski definition) is 7. The van der Waals surface area contributed by atoms with E-state index in [-0.39, 0.29) is 5.28 Å². The van der Waals surface area contributed by atoms with Crippen molar-refractivity contribution in [1.29, 1.82) is 0 Å². The van der Waals surface area contributed by atoms with Crippen molar-refractivity contribution in [3.8, 4) is 0 Å². The molecule has 0 amide bonds. The van der Waals surface area contributed by atoms with Gasteiger partial charge in [-0.3, -0.25) is 0 Å². The van der Waals surface area contributed by atoms with Crippen LogP contribution in [0, 0.1) is 0 Å². The van der Waals surface area contributed by atoms with Gasteiger partial charge in [0.15, 0.2) is 0 Å². The van der Waals surface area contributed by atoms with E-state index in [1.807, 2.05) is 54.6 Å². The summed E-state index contributed by atoms with van der Waals surface area (Å²) in [5, 5.41) is 18.7. The highest BCUT2D eigenvalue weighted by molar-refractivity contribution is 6.28. The molecular weight excluding hydrogens is 352 g/mol. The molecule has 7 nitrogen and oxygen atoms in total. The molecule has 0 bridgehead atoms. The lowest BCUT2D eigenvalue weighted by Gasteiger charge is -2.10. The van der Waals surface area contributed by atoms with Gasteiger partial charge >= 0.3 is 0 Å². The third kappa shape index (κ3) is 5.30. The number of halogens is 1. The number of aliphatic hydroxyl groups is 1. The number of rotatable bonds is 7. The van der Waals surface area contributed by atoms with Crippen LogP contribution in [0.4, 0.5) is 29.0 Å². The molecule has 0 saturated heterocycles. The molecule has 8 heteroatoms. The summed E-state index contributed by atoms with van der Waals surface area (Å²) in [6.45, 7) is 1.99. The van der Waals surface area contributed by atoms with Crippen LogP contribution < -0.4 is 16.0 Å². The summed E-state index contributed by atoms with van der Waals surface area (Å²) in [5.41, 5.74) is 2.80. The molecule has 0 saturated carbocycles. The van der Waals surface area contributed by atoms with E-state index in [2.05, 4.69) is 30.9 Å². The zero-order chi connectivity index (χ0) is 18.4. The highest BCUT2D eigenvalue weighted by atomic mass is 35.5. The van der Waals surface area contributed by atoms with Crippen LogP contribution in [0.5, 0.6) is 0 Å². The molecule has 2 aromatic carbocycles. The van der Waals surface area contributed by atoms with E-state index in [1.54, 1.807) is 6.92 Å². The van der Waals surface area contributed by atoms with Gasteiger partial charge < -0.3 is 21.1 Å². The summed E-state index contributed by atoms with van der Waals surface area (Å²) in [4.78, 5) is 12.3. The van der Waals surface area contributed by atoms with Crippen molar-refractivity contribution >= 4 is 40.6 Å². The average Bonchev–Trinajstić information content (AvgIpc) is 2.62. The standard InChI is InChI=1S/C18H19ClN6O/c1-12(26)11-20-17-23-16(19)24-18(25-17)22-15-9-7-14(8-10-15)21-13-5-3-2-4-6-13/h2-10,12,21,26H,11H2,1H3,(H2,20,22,23,24,25). The molecule has 0 radical (unpaired) electrons. The predicted molar refractivity (Wildman–Crippen MR) is 104 cm³/mol. The number of nitrogens with zero attached hydrogens (tertiary/aromatic N) is 3. The zero-order valence-electron chi connectivity index (χ0n) is 14.1. The summed E-state index contributed by atoms with van der Waals surface area (Å²) in [7, 11) is 0. The van der Waals surface area contributed by atoms with Gasteiger partial charge in [-0.2, -0.15) is 15.0 Å². The number of aliphatic hydroxyl groups excluding tert-OH is 1. The van der Waals surface area contributed by atoms with E-state index in [0.717, 1.165) is 17.1 Å². The molecule has 1 unspecified atom stereocenters. The van der Waals surface area contributed by atoms with E-state index in [9.17, 15) is 5.11 Å². The first-order valence-corrected chi connectivity index (χ1v) is 8.49. The minimum atomic E-state index is -0.522. The van der Waals surface area contributed by atoms with Crippen molar-refractivity contribution in [2.45, 2.75) is 13.0 Å². The SMILES string of the molecule is CC(O)CNc1nc(Cl)nc(Nc2ccc(Nc3ccccc3)cc2)n1. The lowest BCUT2D eigenvalue weighted by atomic mass is 10.2. The Morgan fingerprint density at radius 1 is 0.846 bits per heavy atom. The number of benzene rings is 2. The second-order valence-electron chi connectivity index (χ2n) is 5.67. The normalized spacial score (nSPS) is 11.7. The Labute approximate surface area is 156 Å². The smallest absolute Gasteiger partial charge is 0.233 e. The molecule has 1 atom stereocenters. The second-order valence-corrected chi connectivity index (χ2v) is 6.01. The maximum absolute atomic E-state index is 9.33. The number of para-hydroxylation sites is 1. The maximum atomic E-state index is 9.33. The third-order valence-electron chi connectivity index (χ3n) is 3.37. The van der Waals surface area contributed by atoms with E-state index < -0.39 is 6.10 Å². The first-order chi connectivity index (χ1) is 12.6.